The molecule has 0 aliphatic carbocycles. The van der Waals surface area contributed by atoms with Gasteiger partial charge >= 0.3 is 18.0 Å². The first kappa shape index (κ1) is 19.2. The monoisotopic (exact) mass is 368 g/mol. The summed E-state index contributed by atoms with van der Waals surface area (Å²) < 4.78 is 4.86. The highest BCUT2D eigenvalue weighted by Gasteiger charge is 2.28. The van der Waals surface area contributed by atoms with Crippen LogP contribution in [0, 0.1) is 11.8 Å². The van der Waals surface area contributed by atoms with Gasteiger partial charge in [-0.2, -0.15) is 0 Å². The normalized spacial score (nSPS) is 15.3. The molecule has 1 aliphatic rings. The Morgan fingerprint density at radius 3 is 2.52 bits per heavy atom. The summed E-state index contributed by atoms with van der Waals surface area (Å²) in [5.74, 6) is -1.30. The zero-order valence-corrected chi connectivity index (χ0v) is 15.5. The van der Waals surface area contributed by atoms with Gasteiger partial charge in [0, 0.05) is 13.1 Å². The third-order valence-corrected chi connectivity index (χ3v) is 5.18. The number of anilines is 1. The van der Waals surface area contributed by atoms with Gasteiger partial charge in [-0.05, 0) is 36.1 Å². The van der Waals surface area contributed by atoms with Crippen LogP contribution in [-0.2, 0) is 16.0 Å². The molecule has 0 radical (unpaired) electrons. The van der Waals surface area contributed by atoms with Gasteiger partial charge in [-0.1, -0.05) is 13.8 Å². The maximum Gasteiger partial charge on any atom is 0.341 e. The Morgan fingerprint density at radius 1 is 1.36 bits per heavy atom. The Balaban J connectivity index is 2.09. The number of hydrogen-bond acceptors (Lipinski definition) is 5. The zero-order chi connectivity index (χ0) is 18.6. The quantitative estimate of drug-likeness (QED) is 0.779. The van der Waals surface area contributed by atoms with Crippen LogP contribution in [0.1, 0.15) is 42.6 Å². The van der Waals surface area contributed by atoms with Crippen LogP contribution in [0.3, 0.4) is 0 Å². The summed E-state index contributed by atoms with van der Waals surface area (Å²) in [4.78, 5) is 37.2. The third-order valence-electron chi connectivity index (χ3n) is 4.24. The number of aliphatic carboxylic acids is 1. The molecule has 0 spiro atoms. The van der Waals surface area contributed by atoms with Crippen LogP contribution in [-0.4, -0.2) is 48.2 Å². The Hall–Kier alpha value is -2.09. The molecule has 0 atom stereocenters. The third kappa shape index (κ3) is 4.72. The highest BCUT2D eigenvalue weighted by atomic mass is 32.1. The molecule has 138 valence electrons. The maximum absolute atomic E-state index is 12.5. The van der Waals surface area contributed by atoms with E-state index in [1.165, 1.54) is 18.4 Å². The van der Waals surface area contributed by atoms with Crippen molar-refractivity contribution in [3.05, 3.63) is 16.5 Å². The number of nitrogens with zero attached hydrogens (tertiary/aromatic N) is 1. The molecule has 1 aliphatic heterocycles. The average molecular weight is 368 g/mol. The number of carboxylic acid groups (broad SMARTS) is 1. The van der Waals surface area contributed by atoms with E-state index in [1.807, 2.05) is 5.38 Å². The van der Waals surface area contributed by atoms with Crippen molar-refractivity contribution in [3.63, 3.8) is 0 Å². The number of urea groups is 1. The van der Waals surface area contributed by atoms with Crippen molar-refractivity contribution < 1.29 is 24.2 Å². The highest BCUT2D eigenvalue weighted by Crippen LogP contribution is 2.31. The number of carbonyl (C=O) groups excluding carboxylic acids is 2. The Kier molecular flexibility index (Phi) is 6.41. The summed E-state index contributed by atoms with van der Waals surface area (Å²) in [5.41, 5.74) is 1.28. The second kappa shape index (κ2) is 8.33. The molecular weight excluding hydrogens is 344 g/mol. The van der Waals surface area contributed by atoms with Crippen molar-refractivity contribution in [2.24, 2.45) is 11.8 Å². The smallest absolute Gasteiger partial charge is 0.341 e. The molecule has 2 rings (SSSR count). The predicted octanol–water partition coefficient (Wildman–Crippen LogP) is 3.06. The second-order valence-electron chi connectivity index (χ2n) is 6.58. The SMILES string of the molecule is COC(=O)c1c(CC(C)C)csc1NC(=O)N1CCC(C(=O)O)CC1. The van der Waals surface area contributed by atoms with Crippen LogP contribution in [0.4, 0.5) is 9.80 Å². The standard InChI is InChI=1S/C17H24N2O5S/c1-10(2)8-12-9-25-14(13(12)16(22)24-3)18-17(23)19-6-4-11(5-7-19)15(20)21/h9-11H,4-8H2,1-3H3,(H,18,23)(H,20,21). The lowest BCUT2D eigenvalue weighted by Gasteiger charge is -2.30. The van der Waals surface area contributed by atoms with E-state index in [4.69, 9.17) is 9.84 Å². The summed E-state index contributed by atoms with van der Waals surface area (Å²) in [7, 11) is 1.32. The van der Waals surface area contributed by atoms with E-state index in [9.17, 15) is 14.4 Å². The molecule has 1 saturated heterocycles. The molecule has 25 heavy (non-hydrogen) atoms. The largest absolute Gasteiger partial charge is 0.481 e. The predicted molar refractivity (Wildman–Crippen MR) is 95.2 cm³/mol. The van der Waals surface area contributed by atoms with Crippen molar-refractivity contribution in [2.45, 2.75) is 33.1 Å². The van der Waals surface area contributed by atoms with Crippen molar-refractivity contribution in [3.8, 4) is 0 Å². The molecule has 2 amide bonds. The number of ether oxygens (including phenoxy) is 1. The van der Waals surface area contributed by atoms with Crippen molar-refractivity contribution >= 4 is 34.3 Å². The summed E-state index contributed by atoms with van der Waals surface area (Å²) in [6, 6.07) is -0.313. The Bertz CT molecular complexity index is 647. The second-order valence-corrected chi connectivity index (χ2v) is 7.46. The topological polar surface area (TPSA) is 95.9 Å². The molecule has 8 heteroatoms. The summed E-state index contributed by atoms with van der Waals surface area (Å²) >= 11 is 1.31. The molecule has 1 aromatic heterocycles. The number of carbonyl (C=O) groups is 3. The van der Waals surface area contributed by atoms with Crippen LogP contribution in [0.2, 0.25) is 0 Å². The fraction of sp³-hybridized carbons (Fsp3) is 0.588. The Morgan fingerprint density at radius 2 is 2.00 bits per heavy atom. The van der Waals surface area contributed by atoms with Crippen LogP contribution in [0.25, 0.3) is 0 Å². The van der Waals surface area contributed by atoms with Crippen LogP contribution in [0.15, 0.2) is 5.38 Å². The fourth-order valence-corrected chi connectivity index (χ4v) is 3.86. The number of hydrogen-bond donors (Lipinski definition) is 2. The van der Waals surface area contributed by atoms with Crippen LogP contribution >= 0.6 is 11.3 Å². The summed E-state index contributed by atoms with van der Waals surface area (Å²) in [5, 5.41) is 14.2. The zero-order valence-electron chi connectivity index (χ0n) is 14.7. The lowest BCUT2D eigenvalue weighted by Crippen LogP contribution is -2.42. The van der Waals surface area contributed by atoms with Gasteiger partial charge in [0.1, 0.15) is 5.00 Å². The van der Waals surface area contributed by atoms with E-state index in [0.29, 0.717) is 42.4 Å². The maximum atomic E-state index is 12.5. The van der Waals surface area contributed by atoms with Gasteiger partial charge in [0.05, 0.1) is 18.6 Å². The van der Waals surface area contributed by atoms with E-state index >= 15 is 0 Å². The van der Waals surface area contributed by atoms with Gasteiger partial charge in [-0.15, -0.1) is 11.3 Å². The van der Waals surface area contributed by atoms with Crippen molar-refractivity contribution in [2.75, 3.05) is 25.5 Å². The number of nitrogens with one attached hydrogen (secondary N) is 1. The molecule has 2 N–H and O–H groups in total. The number of amides is 2. The van der Waals surface area contributed by atoms with E-state index < -0.39 is 17.9 Å². The van der Waals surface area contributed by atoms with E-state index in [-0.39, 0.29) is 6.03 Å². The number of carboxylic acids is 1. The van der Waals surface area contributed by atoms with Gasteiger partial charge in [-0.25, -0.2) is 9.59 Å². The highest BCUT2D eigenvalue weighted by molar-refractivity contribution is 7.15. The number of likely N-dealkylation sites (tertiary alicyclic amines) is 1. The first-order valence-electron chi connectivity index (χ1n) is 8.30. The van der Waals surface area contributed by atoms with Gasteiger partial charge in [-0.3, -0.25) is 10.1 Å². The van der Waals surface area contributed by atoms with Gasteiger partial charge in [0.25, 0.3) is 0 Å². The molecule has 1 fully saturated rings. The van der Waals surface area contributed by atoms with Crippen molar-refractivity contribution in [1.82, 2.24) is 4.90 Å². The summed E-state index contributed by atoms with van der Waals surface area (Å²) in [6.45, 7) is 4.90. The number of methoxy groups -OCH3 is 1. The van der Waals surface area contributed by atoms with E-state index in [1.54, 1.807) is 4.90 Å². The minimum Gasteiger partial charge on any atom is -0.481 e. The number of thiophene rings is 1. The van der Waals surface area contributed by atoms with E-state index in [0.717, 1.165) is 12.0 Å². The lowest BCUT2D eigenvalue weighted by molar-refractivity contribution is -0.143. The molecule has 0 saturated carbocycles. The molecule has 0 aromatic carbocycles. The van der Waals surface area contributed by atoms with Gasteiger partial charge < -0.3 is 14.7 Å². The number of rotatable bonds is 5. The molecule has 7 nitrogen and oxygen atoms in total. The average Bonchev–Trinajstić information content (AvgIpc) is 2.95. The molecule has 1 aromatic rings. The molecular formula is C17H24N2O5S. The van der Waals surface area contributed by atoms with Gasteiger partial charge in [0.2, 0.25) is 0 Å². The first-order chi connectivity index (χ1) is 11.8. The molecule has 0 unspecified atom stereocenters. The lowest BCUT2D eigenvalue weighted by atomic mass is 9.97. The molecule has 2 heterocycles. The number of piperidine rings is 1. The van der Waals surface area contributed by atoms with Crippen LogP contribution < -0.4 is 5.32 Å². The first-order valence-corrected chi connectivity index (χ1v) is 9.18. The Labute approximate surface area is 151 Å². The van der Waals surface area contributed by atoms with Gasteiger partial charge in [0.15, 0.2) is 0 Å². The van der Waals surface area contributed by atoms with Crippen molar-refractivity contribution in [1.29, 1.82) is 0 Å². The molecule has 0 bridgehead atoms. The summed E-state index contributed by atoms with van der Waals surface area (Å²) in [6.07, 6.45) is 1.60. The fourth-order valence-electron chi connectivity index (χ4n) is 2.91. The number of esters is 1. The minimum atomic E-state index is -0.815. The van der Waals surface area contributed by atoms with E-state index in [2.05, 4.69) is 19.2 Å². The van der Waals surface area contributed by atoms with Crippen LogP contribution in [0.5, 0.6) is 0 Å². The minimum absolute atomic E-state index is 0.313.